The highest BCUT2D eigenvalue weighted by Gasteiger charge is 2.40. The van der Waals surface area contributed by atoms with Crippen molar-refractivity contribution in [3.05, 3.63) is 39.9 Å². The topological polar surface area (TPSA) is 38.1 Å². The highest BCUT2D eigenvalue weighted by Crippen LogP contribution is 2.38. The summed E-state index contributed by atoms with van der Waals surface area (Å²) in [5.41, 5.74) is 0.883. The molecule has 0 unspecified atom stereocenters. The highest BCUT2D eigenvalue weighted by molar-refractivity contribution is 6.31. The smallest absolute Gasteiger partial charge is 0.261 e. The molecule has 0 amide bonds. The van der Waals surface area contributed by atoms with Gasteiger partial charge in [0, 0.05) is 17.1 Å². The summed E-state index contributed by atoms with van der Waals surface area (Å²) in [6.07, 6.45) is 10.5. The van der Waals surface area contributed by atoms with Crippen LogP contribution in [0.1, 0.15) is 44.9 Å². The van der Waals surface area contributed by atoms with E-state index in [-0.39, 0.29) is 11.1 Å². The summed E-state index contributed by atoms with van der Waals surface area (Å²) < 4.78 is 1.83. The molecule has 0 atom stereocenters. The molecule has 24 heavy (non-hydrogen) atoms. The molecule has 1 aliphatic carbocycles. The first-order valence-corrected chi connectivity index (χ1v) is 9.46. The number of nitrogens with zero attached hydrogens (tertiary/aromatic N) is 3. The lowest BCUT2D eigenvalue weighted by Gasteiger charge is -2.44. The minimum absolute atomic E-state index is 0.0555. The SMILES string of the molecule is O=c1c2ccc(Cl)cc2ncn1CC1(N2CCCCC2)CCCC1. The Kier molecular flexibility index (Phi) is 4.35. The van der Waals surface area contributed by atoms with Crippen LogP contribution in [0.25, 0.3) is 10.9 Å². The molecular formula is C19H24ClN3O. The number of hydrogen-bond acceptors (Lipinski definition) is 3. The van der Waals surface area contributed by atoms with Crippen molar-refractivity contribution in [2.75, 3.05) is 13.1 Å². The maximum atomic E-state index is 12.9. The maximum absolute atomic E-state index is 12.9. The Morgan fingerprint density at radius 3 is 2.58 bits per heavy atom. The van der Waals surface area contributed by atoms with Gasteiger partial charge in [-0.3, -0.25) is 14.3 Å². The maximum Gasteiger partial charge on any atom is 0.261 e. The van der Waals surface area contributed by atoms with E-state index in [9.17, 15) is 4.79 Å². The third kappa shape index (κ3) is 2.86. The molecule has 1 aromatic carbocycles. The monoisotopic (exact) mass is 345 g/mol. The van der Waals surface area contributed by atoms with Gasteiger partial charge in [-0.25, -0.2) is 4.98 Å². The van der Waals surface area contributed by atoms with Crippen LogP contribution in [0.15, 0.2) is 29.3 Å². The molecular weight excluding hydrogens is 322 g/mol. The van der Waals surface area contributed by atoms with E-state index < -0.39 is 0 Å². The summed E-state index contributed by atoms with van der Waals surface area (Å²) >= 11 is 6.02. The first-order chi connectivity index (χ1) is 11.7. The molecule has 0 radical (unpaired) electrons. The van der Waals surface area contributed by atoms with Crippen LogP contribution in [-0.2, 0) is 6.54 Å². The minimum Gasteiger partial charge on any atom is -0.297 e. The number of aromatic nitrogens is 2. The number of piperidine rings is 1. The second-order valence-electron chi connectivity index (χ2n) is 7.32. The first kappa shape index (κ1) is 16.1. The molecule has 4 rings (SSSR count). The molecule has 2 aromatic rings. The Morgan fingerprint density at radius 2 is 1.83 bits per heavy atom. The van der Waals surface area contributed by atoms with E-state index in [1.54, 1.807) is 24.5 Å². The average molecular weight is 346 g/mol. The van der Waals surface area contributed by atoms with E-state index in [1.165, 1.54) is 58.0 Å². The number of benzene rings is 1. The van der Waals surface area contributed by atoms with E-state index >= 15 is 0 Å². The van der Waals surface area contributed by atoms with Gasteiger partial charge in [0.25, 0.3) is 5.56 Å². The number of likely N-dealkylation sites (tertiary alicyclic amines) is 1. The van der Waals surface area contributed by atoms with E-state index in [0.717, 1.165) is 6.54 Å². The van der Waals surface area contributed by atoms with Crippen molar-refractivity contribution in [2.45, 2.75) is 57.0 Å². The van der Waals surface area contributed by atoms with Crippen LogP contribution in [0.3, 0.4) is 0 Å². The van der Waals surface area contributed by atoms with Gasteiger partial charge in [0.2, 0.25) is 0 Å². The van der Waals surface area contributed by atoms with Crippen LogP contribution in [0.5, 0.6) is 0 Å². The third-order valence-corrected chi connectivity index (χ3v) is 6.05. The molecule has 0 bridgehead atoms. The van der Waals surface area contributed by atoms with Gasteiger partial charge < -0.3 is 0 Å². The molecule has 0 N–H and O–H groups in total. The number of rotatable bonds is 3. The second kappa shape index (κ2) is 6.49. The van der Waals surface area contributed by atoms with Crippen molar-refractivity contribution >= 4 is 22.5 Å². The van der Waals surface area contributed by atoms with E-state index in [4.69, 9.17) is 11.6 Å². The van der Waals surface area contributed by atoms with Crippen molar-refractivity contribution < 1.29 is 0 Å². The van der Waals surface area contributed by atoms with Gasteiger partial charge >= 0.3 is 0 Å². The van der Waals surface area contributed by atoms with E-state index in [1.807, 2.05) is 4.57 Å². The van der Waals surface area contributed by atoms with E-state index in [0.29, 0.717) is 15.9 Å². The van der Waals surface area contributed by atoms with Gasteiger partial charge in [-0.1, -0.05) is 30.9 Å². The molecule has 1 aliphatic heterocycles. The van der Waals surface area contributed by atoms with E-state index in [2.05, 4.69) is 9.88 Å². The Morgan fingerprint density at radius 1 is 1.08 bits per heavy atom. The lowest BCUT2D eigenvalue weighted by Crippen LogP contribution is -2.52. The van der Waals surface area contributed by atoms with Crippen molar-refractivity contribution in [3.63, 3.8) is 0 Å². The quantitative estimate of drug-likeness (QED) is 0.848. The number of fused-ring (bicyclic) bond motifs is 1. The lowest BCUT2D eigenvalue weighted by molar-refractivity contribution is 0.0546. The summed E-state index contributed by atoms with van der Waals surface area (Å²) in [5.74, 6) is 0. The molecule has 0 spiro atoms. The van der Waals surface area contributed by atoms with Gasteiger partial charge in [0.15, 0.2) is 0 Å². The highest BCUT2D eigenvalue weighted by atomic mass is 35.5. The molecule has 2 aliphatic rings. The molecule has 1 saturated heterocycles. The Hall–Kier alpha value is -1.39. The third-order valence-electron chi connectivity index (χ3n) is 5.81. The Labute approximate surface area is 147 Å². The number of hydrogen-bond donors (Lipinski definition) is 0. The summed E-state index contributed by atoms with van der Waals surface area (Å²) in [5, 5.41) is 1.28. The zero-order valence-corrected chi connectivity index (χ0v) is 14.8. The molecule has 5 heteroatoms. The van der Waals surface area contributed by atoms with Gasteiger partial charge in [-0.2, -0.15) is 0 Å². The summed E-state index contributed by atoms with van der Waals surface area (Å²) in [6, 6.07) is 5.33. The van der Waals surface area contributed by atoms with Crippen molar-refractivity contribution in [1.29, 1.82) is 0 Å². The average Bonchev–Trinajstić information content (AvgIpc) is 3.08. The molecule has 2 heterocycles. The molecule has 1 aromatic heterocycles. The van der Waals surface area contributed by atoms with Crippen LogP contribution in [-0.4, -0.2) is 33.1 Å². The second-order valence-corrected chi connectivity index (χ2v) is 7.75. The number of halogens is 1. The van der Waals surface area contributed by atoms with Crippen LogP contribution in [0.2, 0.25) is 5.02 Å². The Bertz CT molecular complexity index is 789. The van der Waals surface area contributed by atoms with Crippen molar-refractivity contribution in [2.24, 2.45) is 0 Å². The Balaban J connectivity index is 1.70. The van der Waals surface area contributed by atoms with Crippen LogP contribution in [0, 0.1) is 0 Å². The molecule has 2 fully saturated rings. The van der Waals surface area contributed by atoms with Gasteiger partial charge in [-0.15, -0.1) is 0 Å². The van der Waals surface area contributed by atoms with Gasteiger partial charge in [0.05, 0.1) is 17.2 Å². The van der Waals surface area contributed by atoms with Gasteiger partial charge in [0.1, 0.15) is 0 Å². The normalized spacial score (nSPS) is 21.4. The van der Waals surface area contributed by atoms with Crippen LogP contribution < -0.4 is 5.56 Å². The lowest BCUT2D eigenvalue weighted by atomic mass is 9.92. The predicted molar refractivity (Wildman–Crippen MR) is 97.6 cm³/mol. The molecule has 128 valence electrons. The zero-order valence-electron chi connectivity index (χ0n) is 14.0. The summed E-state index contributed by atoms with van der Waals surface area (Å²) in [4.78, 5) is 20.0. The first-order valence-electron chi connectivity index (χ1n) is 9.08. The van der Waals surface area contributed by atoms with Crippen molar-refractivity contribution in [1.82, 2.24) is 14.5 Å². The zero-order chi connectivity index (χ0) is 16.6. The van der Waals surface area contributed by atoms with Crippen molar-refractivity contribution in [3.8, 4) is 0 Å². The summed E-state index contributed by atoms with van der Waals surface area (Å²) in [6.45, 7) is 3.11. The van der Waals surface area contributed by atoms with Crippen LogP contribution in [0.4, 0.5) is 0 Å². The van der Waals surface area contributed by atoms with Gasteiger partial charge in [-0.05, 0) is 57.0 Å². The summed E-state index contributed by atoms with van der Waals surface area (Å²) in [7, 11) is 0. The predicted octanol–water partition coefficient (Wildman–Crippen LogP) is 3.85. The molecule has 1 saturated carbocycles. The molecule has 4 nitrogen and oxygen atoms in total. The minimum atomic E-state index is 0.0555. The standard InChI is InChI=1S/C19H24ClN3O/c20-15-6-7-16-17(12-15)21-14-22(18(16)24)13-19(8-2-3-9-19)23-10-4-1-5-11-23/h6-7,12,14H,1-5,8-11,13H2. The fourth-order valence-electron chi connectivity index (χ4n) is 4.54. The largest absolute Gasteiger partial charge is 0.297 e. The fourth-order valence-corrected chi connectivity index (χ4v) is 4.70. The fraction of sp³-hybridized carbons (Fsp3) is 0.579. The van der Waals surface area contributed by atoms with Crippen LogP contribution >= 0.6 is 11.6 Å².